The molecular formula is C6H16Cl2N2O. The maximum atomic E-state index is 9.52. The normalized spacial score (nSPS) is 21.3. The average molecular weight is 203 g/mol. The molecular weight excluding hydrogens is 187 g/mol. The fraction of sp³-hybridized carbons (Fsp3) is 1.00. The third-order valence-corrected chi connectivity index (χ3v) is 1.91. The Kier molecular flexibility index (Phi) is 7.68. The minimum absolute atomic E-state index is 0. The van der Waals surface area contributed by atoms with Gasteiger partial charge in [0.1, 0.15) is 0 Å². The van der Waals surface area contributed by atoms with Crippen molar-refractivity contribution in [3.8, 4) is 0 Å². The van der Waals surface area contributed by atoms with Crippen LogP contribution in [-0.2, 0) is 0 Å². The van der Waals surface area contributed by atoms with Crippen molar-refractivity contribution in [3.63, 3.8) is 0 Å². The number of nitrogens with one attached hydrogen (secondary N) is 1. The summed E-state index contributed by atoms with van der Waals surface area (Å²) in [5.41, 5.74) is 4.80. The van der Waals surface area contributed by atoms with Crippen molar-refractivity contribution in [2.24, 2.45) is 5.73 Å². The zero-order valence-corrected chi connectivity index (χ0v) is 8.01. The van der Waals surface area contributed by atoms with Gasteiger partial charge in [-0.15, -0.1) is 24.8 Å². The molecule has 1 rings (SSSR count). The first kappa shape index (κ1) is 14.0. The highest BCUT2D eigenvalue weighted by Crippen LogP contribution is 2.14. The standard InChI is InChI=1S/C6H14N2O.2ClH/c7-5-6(9)1-3-8-4-2-6;;/h8-9H,1-5,7H2;2*1H. The summed E-state index contributed by atoms with van der Waals surface area (Å²) in [4.78, 5) is 0. The van der Waals surface area contributed by atoms with Crippen LogP contribution < -0.4 is 11.1 Å². The monoisotopic (exact) mass is 202 g/mol. The maximum absolute atomic E-state index is 9.52. The van der Waals surface area contributed by atoms with Crippen LogP contribution in [0.2, 0.25) is 0 Å². The lowest BCUT2D eigenvalue weighted by Gasteiger charge is -2.30. The summed E-state index contributed by atoms with van der Waals surface area (Å²) in [5, 5.41) is 12.7. The molecule has 0 aromatic carbocycles. The summed E-state index contributed by atoms with van der Waals surface area (Å²) < 4.78 is 0. The highest BCUT2D eigenvalue weighted by molar-refractivity contribution is 5.85. The lowest BCUT2D eigenvalue weighted by atomic mass is 9.93. The Morgan fingerprint density at radius 1 is 1.27 bits per heavy atom. The highest BCUT2D eigenvalue weighted by Gasteiger charge is 2.26. The Labute approximate surface area is 79.5 Å². The van der Waals surface area contributed by atoms with Crippen molar-refractivity contribution in [3.05, 3.63) is 0 Å². The van der Waals surface area contributed by atoms with E-state index < -0.39 is 5.60 Å². The van der Waals surface area contributed by atoms with E-state index in [0.717, 1.165) is 25.9 Å². The van der Waals surface area contributed by atoms with Crippen LogP contribution >= 0.6 is 24.8 Å². The van der Waals surface area contributed by atoms with E-state index in [1.807, 2.05) is 0 Å². The number of halogens is 2. The van der Waals surface area contributed by atoms with Crippen molar-refractivity contribution in [1.29, 1.82) is 0 Å². The van der Waals surface area contributed by atoms with Gasteiger partial charge in [-0.2, -0.15) is 0 Å². The van der Waals surface area contributed by atoms with E-state index in [2.05, 4.69) is 5.32 Å². The second-order valence-corrected chi connectivity index (χ2v) is 2.68. The molecule has 70 valence electrons. The number of hydrogen-bond donors (Lipinski definition) is 3. The van der Waals surface area contributed by atoms with Crippen LogP contribution in [0.15, 0.2) is 0 Å². The summed E-state index contributed by atoms with van der Waals surface area (Å²) in [6.07, 6.45) is 1.59. The first-order valence-electron chi connectivity index (χ1n) is 3.40. The molecule has 3 nitrogen and oxygen atoms in total. The van der Waals surface area contributed by atoms with Gasteiger partial charge in [0.25, 0.3) is 0 Å². The van der Waals surface area contributed by atoms with Crippen LogP contribution in [0.4, 0.5) is 0 Å². The second kappa shape index (κ2) is 6.03. The van der Waals surface area contributed by atoms with Crippen LogP contribution in [-0.4, -0.2) is 30.3 Å². The Bertz CT molecular complexity index is 96.6. The minimum atomic E-state index is -0.564. The predicted octanol–water partition coefficient (Wildman–Crippen LogP) is -0.0968. The molecule has 0 aromatic rings. The molecule has 0 aromatic heterocycles. The summed E-state index contributed by atoms with van der Waals surface area (Å²) in [5.74, 6) is 0. The lowest BCUT2D eigenvalue weighted by Crippen LogP contribution is -2.46. The minimum Gasteiger partial charge on any atom is -0.388 e. The van der Waals surface area contributed by atoms with Gasteiger partial charge in [0.2, 0.25) is 0 Å². The molecule has 0 bridgehead atoms. The summed E-state index contributed by atoms with van der Waals surface area (Å²) in [6.45, 7) is 2.19. The lowest BCUT2D eigenvalue weighted by molar-refractivity contribution is 0.0192. The Morgan fingerprint density at radius 2 is 1.73 bits per heavy atom. The molecule has 1 saturated heterocycles. The predicted molar refractivity (Wildman–Crippen MR) is 50.6 cm³/mol. The number of piperidine rings is 1. The summed E-state index contributed by atoms with van der Waals surface area (Å²) in [7, 11) is 0. The van der Waals surface area contributed by atoms with E-state index in [1.165, 1.54) is 0 Å². The van der Waals surface area contributed by atoms with E-state index in [4.69, 9.17) is 5.73 Å². The quantitative estimate of drug-likeness (QED) is 0.558. The first-order chi connectivity index (χ1) is 4.27. The molecule has 0 aliphatic carbocycles. The van der Waals surface area contributed by atoms with Crippen molar-refractivity contribution >= 4 is 24.8 Å². The topological polar surface area (TPSA) is 58.3 Å². The molecule has 0 saturated carbocycles. The molecule has 0 atom stereocenters. The smallest absolute Gasteiger partial charge is 0.0793 e. The van der Waals surface area contributed by atoms with E-state index in [-0.39, 0.29) is 24.8 Å². The van der Waals surface area contributed by atoms with Gasteiger partial charge in [-0.25, -0.2) is 0 Å². The zero-order chi connectivity index (χ0) is 6.74. The third kappa shape index (κ3) is 4.13. The zero-order valence-electron chi connectivity index (χ0n) is 6.38. The number of hydrogen-bond acceptors (Lipinski definition) is 3. The molecule has 0 radical (unpaired) electrons. The van der Waals surface area contributed by atoms with Crippen LogP contribution in [0.5, 0.6) is 0 Å². The molecule has 1 fully saturated rings. The molecule has 11 heavy (non-hydrogen) atoms. The van der Waals surface area contributed by atoms with E-state index in [1.54, 1.807) is 0 Å². The molecule has 1 aliphatic heterocycles. The summed E-state index contributed by atoms with van der Waals surface area (Å²) >= 11 is 0. The van der Waals surface area contributed by atoms with Gasteiger partial charge in [0, 0.05) is 6.54 Å². The van der Waals surface area contributed by atoms with Crippen molar-refractivity contribution in [2.45, 2.75) is 18.4 Å². The third-order valence-electron chi connectivity index (χ3n) is 1.91. The van der Waals surface area contributed by atoms with Crippen LogP contribution in [0, 0.1) is 0 Å². The largest absolute Gasteiger partial charge is 0.388 e. The molecule has 5 heteroatoms. The van der Waals surface area contributed by atoms with Crippen molar-refractivity contribution in [2.75, 3.05) is 19.6 Å². The summed E-state index contributed by atoms with van der Waals surface area (Å²) in [6, 6.07) is 0. The number of aliphatic hydroxyl groups is 1. The Hall–Kier alpha value is 0.460. The van der Waals surface area contributed by atoms with Gasteiger partial charge >= 0.3 is 0 Å². The van der Waals surface area contributed by atoms with Gasteiger partial charge in [-0.1, -0.05) is 0 Å². The van der Waals surface area contributed by atoms with Gasteiger partial charge < -0.3 is 16.2 Å². The molecule has 4 N–H and O–H groups in total. The van der Waals surface area contributed by atoms with Gasteiger partial charge in [-0.05, 0) is 25.9 Å². The van der Waals surface area contributed by atoms with E-state index >= 15 is 0 Å². The first-order valence-corrected chi connectivity index (χ1v) is 3.40. The van der Waals surface area contributed by atoms with E-state index in [9.17, 15) is 5.11 Å². The van der Waals surface area contributed by atoms with Crippen LogP contribution in [0.3, 0.4) is 0 Å². The van der Waals surface area contributed by atoms with Crippen LogP contribution in [0.25, 0.3) is 0 Å². The molecule has 1 heterocycles. The van der Waals surface area contributed by atoms with Gasteiger partial charge in [-0.3, -0.25) is 0 Å². The fourth-order valence-electron chi connectivity index (χ4n) is 1.10. The molecule has 1 aliphatic rings. The van der Waals surface area contributed by atoms with E-state index in [0.29, 0.717) is 6.54 Å². The van der Waals surface area contributed by atoms with Gasteiger partial charge in [0.05, 0.1) is 5.60 Å². The van der Waals surface area contributed by atoms with Crippen LogP contribution in [0.1, 0.15) is 12.8 Å². The SMILES string of the molecule is Cl.Cl.NCC1(O)CCNCC1. The highest BCUT2D eigenvalue weighted by atomic mass is 35.5. The van der Waals surface area contributed by atoms with Crippen molar-refractivity contribution < 1.29 is 5.11 Å². The maximum Gasteiger partial charge on any atom is 0.0793 e. The number of rotatable bonds is 1. The Morgan fingerprint density at radius 3 is 2.00 bits per heavy atom. The number of nitrogens with two attached hydrogens (primary N) is 1. The average Bonchev–Trinajstić information content (AvgIpc) is 1.90. The second-order valence-electron chi connectivity index (χ2n) is 2.68. The molecule has 0 amide bonds. The molecule has 0 spiro atoms. The Balaban J connectivity index is 0. The fourth-order valence-corrected chi connectivity index (χ4v) is 1.10. The van der Waals surface area contributed by atoms with Crippen molar-refractivity contribution in [1.82, 2.24) is 5.32 Å². The van der Waals surface area contributed by atoms with Gasteiger partial charge in [0.15, 0.2) is 0 Å². The molecule has 0 unspecified atom stereocenters.